The van der Waals surface area contributed by atoms with Gasteiger partial charge < -0.3 is 14.8 Å². The summed E-state index contributed by atoms with van der Waals surface area (Å²) in [4.78, 5) is 25.2. The summed E-state index contributed by atoms with van der Waals surface area (Å²) in [6.07, 6.45) is 0.785. The number of rotatable bonds is 4. The molecule has 5 rings (SSSR count). The molecule has 6 atom stereocenters. The molecule has 2 aromatic carbocycles. The van der Waals surface area contributed by atoms with Crippen LogP contribution in [0.5, 0.6) is 11.5 Å². The molecule has 0 spiro atoms. The Balaban J connectivity index is 1.28. The lowest BCUT2D eigenvalue weighted by molar-refractivity contribution is -0.145. The van der Waals surface area contributed by atoms with Crippen molar-refractivity contribution in [2.24, 2.45) is 23.7 Å². The predicted molar refractivity (Wildman–Crippen MR) is 108 cm³/mol. The molecule has 2 saturated carbocycles. The van der Waals surface area contributed by atoms with Crippen molar-refractivity contribution in [3.05, 3.63) is 53.6 Å². The van der Waals surface area contributed by atoms with Gasteiger partial charge in [0, 0.05) is 11.6 Å². The van der Waals surface area contributed by atoms with Crippen molar-refractivity contribution in [3.63, 3.8) is 0 Å². The zero-order valence-electron chi connectivity index (χ0n) is 14.7. The van der Waals surface area contributed by atoms with Crippen LogP contribution in [0.25, 0.3) is 0 Å². The van der Waals surface area contributed by atoms with E-state index in [0.29, 0.717) is 22.2 Å². The Morgan fingerprint density at radius 2 is 1.89 bits per heavy atom. The van der Waals surface area contributed by atoms with Crippen molar-refractivity contribution in [2.75, 3.05) is 5.32 Å². The summed E-state index contributed by atoms with van der Waals surface area (Å²) in [6.45, 7) is 0. The van der Waals surface area contributed by atoms with Crippen LogP contribution in [-0.4, -0.2) is 22.8 Å². The molecule has 1 aliphatic heterocycles. The van der Waals surface area contributed by atoms with E-state index in [9.17, 15) is 9.59 Å². The third-order valence-electron chi connectivity index (χ3n) is 6.01. The van der Waals surface area contributed by atoms with Crippen LogP contribution in [0.15, 0.2) is 48.5 Å². The average Bonchev–Trinajstić information content (AvgIpc) is 3.29. The first-order valence-electron chi connectivity index (χ1n) is 9.21. The molecule has 1 N–H and O–H groups in total. The van der Waals surface area contributed by atoms with Gasteiger partial charge in [-0.3, -0.25) is 9.59 Å². The maximum absolute atomic E-state index is 12.9. The van der Waals surface area contributed by atoms with Gasteiger partial charge in [0.05, 0.1) is 21.7 Å². The van der Waals surface area contributed by atoms with Crippen LogP contribution in [0.3, 0.4) is 0 Å². The Kier molecular flexibility index (Phi) is 4.36. The van der Waals surface area contributed by atoms with Crippen LogP contribution < -0.4 is 10.1 Å². The Bertz CT molecular complexity index is 950. The number of amides is 1. The number of hydrogen-bond donors (Lipinski definition) is 1. The SMILES string of the molecule is O=C(Nc1ccc(Oc2ccccc2Cl)cc1)[C@H]1[C@H]2C[C@H]3[C@H](OC(=O)[C@@H]31)[C@@H]2Br. The molecular formula is C21H17BrClNO4. The predicted octanol–water partition coefficient (Wildman–Crippen LogP) is 4.64. The Morgan fingerprint density at radius 1 is 1.14 bits per heavy atom. The topological polar surface area (TPSA) is 64.6 Å². The molecule has 7 heteroatoms. The zero-order chi connectivity index (χ0) is 19.4. The number of esters is 1. The minimum atomic E-state index is -0.348. The van der Waals surface area contributed by atoms with E-state index in [2.05, 4.69) is 21.2 Å². The molecule has 1 amide bonds. The zero-order valence-corrected chi connectivity index (χ0v) is 17.0. The van der Waals surface area contributed by atoms with Gasteiger partial charge in [0.1, 0.15) is 17.6 Å². The first-order chi connectivity index (χ1) is 13.5. The summed E-state index contributed by atoms with van der Waals surface area (Å²) in [6, 6.07) is 14.3. The maximum Gasteiger partial charge on any atom is 0.310 e. The van der Waals surface area contributed by atoms with Gasteiger partial charge in [-0.25, -0.2) is 0 Å². The average molecular weight is 463 g/mol. The maximum atomic E-state index is 12.9. The summed E-state index contributed by atoms with van der Waals surface area (Å²) in [5.41, 5.74) is 0.660. The second-order valence-electron chi connectivity index (χ2n) is 7.51. The number of halogens is 2. The molecule has 2 aliphatic carbocycles. The second kappa shape index (κ2) is 6.78. The van der Waals surface area contributed by atoms with Crippen molar-refractivity contribution in [1.29, 1.82) is 0 Å². The number of para-hydroxylation sites is 1. The van der Waals surface area contributed by atoms with E-state index in [0.717, 1.165) is 6.42 Å². The van der Waals surface area contributed by atoms with Gasteiger partial charge in [-0.15, -0.1) is 0 Å². The quantitative estimate of drug-likeness (QED) is 0.531. The van der Waals surface area contributed by atoms with Crippen molar-refractivity contribution >= 4 is 45.1 Å². The molecule has 0 aromatic heterocycles. The Hall–Kier alpha value is -2.05. The van der Waals surface area contributed by atoms with Crippen molar-refractivity contribution in [2.45, 2.75) is 17.4 Å². The van der Waals surface area contributed by atoms with Crippen molar-refractivity contribution < 1.29 is 19.1 Å². The molecule has 2 bridgehead atoms. The minimum absolute atomic E-state index is 0.0577. The second-order valence-corrected chi connectivity index (χ2v) is 8.97. The molecule has 28 heavy (non-hydrogen) atoms. The molecule has 1 saturated heterocycles. The minimum Gasteiger partial charge on any atom is -0.461 e. The molecule has 1 heterocycles. The van der Waals surface area contributed by atoms with Gasteiger partial charge in [0.25, 0.3) is 0 Å². The first kappa shape index (κ1) is 18.0. The standard InChI is InChI=1S/C21H17BrClNO4/c22-18-12-9-13-17(21(26)28-19(13)18)16(12)20(25)24-10-5-7-11(8-6-10)27-15-4-2-1-3-14(15)23/h1-8,12-13,16-19H,9H2,(H,24,25)/t12-,13-,16+,17+,18-,19+/m1/s1. The molecule has 2 aromatic rings. The molecule has 5 nitrogen and oxygen atoms in total. The summed E-state index contributed by atoms with van der Waals surface area (Å²) < 4.78 is 11.2. The van der Waals surface area contributed by atoms with E-state index >= 15 is 0 Å². The van der Waals surface area contributed by atoms with Gasteiger partial charge in [-0.05, 0) is 48.7 Å². The van der Waals surface area contributed by atoms with Crippen molar-refractivity contribution in [1.82, 2.24) is 0 Å². The van der Waals surface area contributed by atoms with Crippen LogP contribution in [0.2, 0.25) is 5.02 Å². The molecule has 0 radical (unpaired) electrons. The molecular weight excluding hydrogens is 446 g/mol. The number of carbonyl (C=O) groups excluding carboxylic acids is 2. The number of carbonyl (C=O) groups is 2. The van der Waals surface area contributed by atoms with Crippen LogP contribution in [0, 0.1) is 23.7 Å². The summed E-state index contributed by atoms with van der Waals surface area (Å²) >= 11 is 9.74. The van der Waals surface area contributed by atoms with E-state index in [1.54, 1.807) is 36.4 Å². The lowest BCUT2D eigenvalue weighted by Crippen LogP contribution is -2.40. The highest BCUT2D eigenvalue weighted by Crippen LogP contribution is 2.60. The van der Waals surface area contributed by atoms with E-state index in [1.807, 2.05) is 12.1 Å². The van der Waals surface area contributed by atoms with Gasteiger partial charge >= 0.3 is 5.97 Å². The van der Waals surface area contributed by atoms with E-state index in [4.69, 9.17) is 21.1 Å². The van der Waals surface area contributed by atoms with Gasteiger partial charge in [0.15, 0.2) is 0 Å². The number of anilines is 1. The fourth-order valence-electron chi connectivity index (χ4n) is 4.82. The number of nitrogens with one attached hydrogen (secondary N) is 1. The van der Waals surface area contributed by atoms with Crippen molar-refractivity contribution in [3.8, 4) is 11.5 Å². The molecule has 0 unspecified atom stereocenters. The lowest BCUT2D eigenvalue weighted by atomic mass is 9.79. The smallest absolute Gasteiger partial charge is 0.310 e. The van der Waals surface area contributed by atoms with Gasteiger partial charge in [-0.2, -0.15) is 0 Å². The molecule has 3 aliphatic rings. The lowest BCUT2D eigenvalue weighted by Gasteiger charge is -2.27. The Morgan fingerprint density at radius 3 is 2.64 bits per heavy atom. The van der Waals surface area contributed by atoms with Gasteiger partial charge in [0.2, 0.25) is 5.91 Å². The highest BCUT2D eigenvalue weighted by Gasteiger charge is 2.67. The third-order valence-corrected chi connectivity index (χ3v) is 7.52. The number of benzene rings is 2. The van der Waals surface area contributed by atoms with Crippen LogP contribution >= 0.6 is 27.5 Å². The summed E-state index contributed by atoms with van der Waals surface area (Å²) in [5, 5.41) is 3.48. The Labute approximate surface area is 175 Å². The summed E-state index contributed by atoms with van der Waals surface area (Å²) in [5.74, 6) is 0.459. The van der Waals surface area contributed by atoms with Crippen LogP contribution in [-0.2, 0) is 14.3 Å². The highest BCUT2D eigenvalue weighted by molar-refractivity contribution is 9.09. The number of fused-ring (bicyclic) bond motifs is 1. The number of alkyl halides is 1. The summed E-state index contributed by atoms with van der Waals surface area (Å²) in [7, 11) is 0. The van der Waals surface area contributed by atoms with E-state index < -0.39 is 0 Å². The van der Waals surface area contributed by atoms with Crippen LogP contribution in [0.4, 0.5) is 5.69 Å². The normalized spacial score (nSPS) is 32.3. The van der Waals surface area contributed by atoms with Crippen LogP contribution in [0.1, 0.15) is 6.42 Å². The van der Waals surface area contributed by atoms with Gasteiger partial charge in [-0.1, -0.05) is 39.7 Å². The molecule has 3 fully saturated rings. The highest BCUT2D eigenvalue weighted by atomic mass is 79.9. The monoisotopic (exact) mass is 461 g/mol. The number of hydrogen-bond acceptors (Lipinski definition) is 4. The van der Waals surface area contributed by atoms with E-state index in [1.165, 1.54) is 0 Å². The molecule has 144 valence electrons. The first-order valence-corrected chi connectivity index (χ1v) is 10.5. The fraction of sp³-hybridized carbons (Fsp3) is 0.333. The van der Waals surface area contributed by atoms with E-state index in [-0.39, 0.29) is 46.5 Å². The number of ether oxygens (including phenoxy) is 2. The third kappa shape index (κ3) is 2.81. The fourth-order valence-corrected chi connectivity index (χ4v) is 6.04. The largest absolute Gasteiger partial charge is 0.461 e.